The lowest BCUT2D eigenvalue weighted by Crippen LogP contribution is -2.37. The Bertz CT molecular complexity index is 1160. The Kier molecular flexibility index (Phi) is 5.00. The molecule has 1 amide bonds. The standard InChI is InChI=1S/C22H18BrNO5S/c23-13-5-6-15-12(9-13)10-16(29-15)20(25)18-19(17-4-2-8-30-17)24(22(27)21(18)26)11-14-3-1-7-28-14/h2,4-6,8-10,14,19,26H,1,3,7,11H2. The van der Waals surface area contributed by atoms with Crippen LogP contribution in [0.5, 0.6) is 0 Å². The molecule has 154 valence electrons. The number of fused-ring (bicyclic) bond motifs is 1. The van der Waals surface area contributed by atoms with E-state index >= 15 is 0 Å². The SMILES string of the molecule is O=C(C1=C(O)C(=O)N(CC2CCCO2)C1c1cccs1)c1cc2cc(Br)ccc2o1. The molecule has 3 aromatic rings. The Hall–Kier alpha value is -2.42. The van der Waals surface area contributed by atoms with Crippen molar-refractivity contribution >= 4 is 49.9 Å². The van der Waals surface area contributed by atoms with Gasteiger partial charge in [0, 0.05) is 27.9 Å². The highest BCUT2D eigenvalue weighted by atomic mass is 79.9. The minimum atomic E-state index is -0.658. The van der Waals surface area contributed by atoms with Crippen LogP contribution < -0.4 is 0 Å². The van der Waals surface area contributed by atoms with Crippen molar-refractivity contribution < 1.29 is 23.8 Å². The maximum atomic E-state index is 13.4. The number of aliphatic hydroxyl groups is 1. The number of hydrogen-bond donors (Lipinski definition) is 1. The number of nitrogens with zero attached hydrogens (tertiary/aromatic N) is 1. The Morgan fingerprint density at radius 1 is 1.30 bits per heavy atom. The molecular formula is C22H18BrNO5S. The summed E-state index contributed by atoms with van der Waals surface area (Å²) in [5.74, 6) is -1.46. The van der Waals surface area contributed by atoms with Crippen molar-refractivity contribution in [2.75, 3.05) is 13.2 Å². The van der Waals surface area contributed by atoms with Gasteiger partial charge in [0.2, 0.25) is 5.78 Å². The molecule has 2 aliphatic rings. The van der Waals surface area contributed by atoms with Crippen LogP contribution in [0.3, 0.4) is 0 Å². The second-order valence-electron chi connectivity index (χ2n) is 7.39. The van der Waals surface area contributed by atoms with Crippen LogP contribution in [0.25, 0.3) is 11.0 Å². The lowest BCUT2D eigenvalue weighted by atomic mass is 10.00. The normalized spacial score (nSPS) is 21.9. The van der Waals surface area contributed by atoms with E-state index in [1.54, 1.807) is 17.0 Å². The van der Waals surface area contributed by atoms with E-state index in [0.29, 0.717) is 18.7 Å². The number of carbonyl (C=O) groups is 2. The van der Waals surface area contributed by atoms with Gasteiger partial charge in [-0.25, -0.2) is 0 Å². The second-order valence-corrected chi connectivity index (χ2v) is 9.29. The summed E-state index contributed by atoms with van der Waals surface area (Å²) in [6.45, 7) is 0.991. The van der Waals surface area contributed by atoms with E-state index in [1.807, 2.05) is 29.6 Å². The van der Waals surface area contributed by atoms with Gasteiger partial charge in [-0.3, -0.25) is 9.59 Å². The topological polar surface area (TPSA) is 80.0 Å². The van der Waals surface area contributed by atoms with Crippen molar-refractivity contribution in [1.82, 2.24) is 4.90 Å². The second kappa shape index (κ2) is 7.68. The fraction of sp³-hybridized carbons (Fsp3) is 0.273. The monoisotopic (exact) mass is 487 g/mol. The fourth-order valence-electron chi connectivity index (χ4n) is 4.08. The highest BCUT2D eigenvalue weighted by Gasteiger charge is 2.46. The van der Waals surface area contributed by atoms with E-state index in [9.17, 15) is 14.7 Å². The zero-order chi connectivity index (χ0) is 20.8. The maximum absolute atomic E-state index is 13.4. The number of benzene rings is 1. The molecule has 2 atom stereocenters. The molecule has 0 saturated carbocycles. The largest absolute Gasteiger partial charge is 0.503 e. The van der Waals surface area contributed by atoms with Gasteiger partial charge < -0.3 is 19.2 Å². The predicted molar refractivity (Wildman–Crippen MR) is 116 cm³/mol. The Labute approximate surface area is 184 Å². The zero-order valence-corrected chi connectivity index (χ0v) is 18.2. The van der Waals surface area contributed by atoms with Crippen LogP contribution in [-0.2, 0) is 9.53 Å². The third-order valence-corrected chi connectivity index (χ3v) is 6.91. The van der Waals surface area contributed by atoms with Gasteiger partial charge in [0.15, 0.2) is 11.5 Å². The highest BCUT2D eigenvalue weighted by Crippen LogP contribution is 2.41. The van der Waals surface area contributed by atoms with Crippen LogP contribution in [-0.4, -0.2) is 41.0 Å². The van der Waals surface area contributed by atoms with Crippen LogP contribution in [0, 0.1) is 0 Å². The molecule has 30 heavy (non-hydrogen) atoms. The molecule has 1 N–H and O–H groups in total. The van der Waals surface area contributed by atoms with E-state index in [1.165, 1.54) is 11.3 Å². The maximum Gasteiger partial charge on any atom is 0.290 e. The summed E-state index contributed by atoms with van der Waals surface area (Å²) in [6.07, 6.45) is 1.70. The number of ketones is 1. The Morgan fingerprint density at radius 2 is 2.17 bits per heavy atom. The van der Waals surface area contributed by atoms with Crippen molar-refractivity contribution in [2.24, 2.45) is 0 Å². The van der Waals surface area contributed by atoms with Crippen LogP contribution in [0.15, 0.2) is 62.0 Å². The zero-order valence-electron chi connectivity index (χ0n) is 15.8. The quantitative estimate of drug-likeness (QED) is 0.511. The lowest BCUT2D eigenvalue weighted by Gasteiger charge is -2.27. The summed E-state index contributed by atoms with van der Waals surface area (Å²) in [5, 5.41) is 13.4. The molecule has 5 rings (SSSR count). The van der Waals surface area contributed by atoms with Crippen LogP contribution in [0.4, 0.5) is 0 Å². The first-order valence-corrected chi connectivity index (χ1v) is 11.3. The molecule has 1 aromatic carbocycles. The number of hydrogen-bond acceptors (Lipinski definition) is 6. The molecule has 4 heterocycles. The summed E-state index contributed by atoms with van der Waals surface area (Å²) < 4.78 is 12.3. The average Bonchev–Trinajstić information content (AvgIpc) is 3.52. The van der Waals surface area contributed by atoms with Gasteiger partial charge in [-0.05, 0) is 48.6 Å². The number of Topliss-reactive ketones (excluding diaryl/α,β-unsaturated/α-hetero) is 1. The first kappa shape index (κ1) is 19.5. The van der Waals surface area contributed by atoms with E-state index < -0.39 is 23.5 Å². The van der Waals surface area contributed by atoms with Crippen molar-refractivity contribution in [3.05, 3.63) is 68.2 Å². The molecule has 1 fully saturated rings. The third-order valence-electron chi connectivity index (χ3n) is 5.49. The van der Waals surface area contributed by atoms with Gasteiger partial charge in [0.05, 0.1) is 17.7 Å². The minimum absolute atomic E-state index is 0.0542. The Morgan fingerprint density at radius 3 is 2.90 bits per heavy atom. The average molecular weight is 488 g/mol. The van der Waals surface area contributed by atoms with Crippen molar-refractivity contribution in [3.8, 4) is 0 Å². The van der Waals surface area contributed by atoms with Gasteiger partial charge in [-0.15, -0.1) is 11.3 Å². The van der Waals surface area contributed by atoms with Gasteiger partial charge >= 0.3 is 0 Å². The molecule has 8 heteroatoms. The number of carbonyl (C=O) groups excluding carboxylic acids is 2. The summed E-state index contributed by atoms with van der Waals surface area (Å²) >= 11 is 4.85. The molecule has 0 aliphatic carbocycles. The van der Waals surface area contributed by atoms with Gasteiger partial charge in [0.1, 0.15) is 5.58 Å². The molecular weight excluding hydrogens is 470 g/mol. The molecule has 0 bridgehead atoms. The predicted octanol–water partition coefficient (Wildman–Crippen LogP) is 5.01. The molecule has 1 saturated heterocycles. The van der Waals surface area contributed by atoms with Crippen molar-refractivity contribution in [2.45, 2.75) is 25.0 Å². The first-order valence-electron chi connectivity index (χ1n) is 9.66. The summed E-state index contributed by atoms with van der Waals surface area (Å²) in [5.41, 5.74) is 0.619. The molecule has 6 nitrogen and oxygen atoms in total. The number of halogens is 1. The molecule has 0 spiro atoms. The number of amides is 1. The number of aliphatic hydroxyl groups excluding tert-OH is 1. The lowest BCUT2D eigenvalue weighted by molar-refractivity contribution is -0.130. The highest BCUT2D eigenvalue weighted by molar-refractivity contribution is 9.10. The number of thiophene rings is 1. The smallest absolute Gasteiger partial charge is 0.290 e. The van der Waals surface area contributed by atoms with Gasteiger partial charge in [-0.1, -0.05) is 22.0 Å². The van der Waals surface area contributed by atoms with Crippen molar-refractivity contribution in [1.29, 1.82) is 0 Å². The minimum Gasteiger partial charge on any atom is -0.503 e. The number of ether oxygens (including phenoxy) is 1. The van der Waals surface area contributed by atoms with E-state index in [-0.39, 0.29) is 17.4 Å². The third kappa shape index (κ3) is 3.29. The summed E-state index contributed by atoms with van der Waals surface area (Å²) in [7, 11) is 0. The van der Waals surface area contributed by atoms with Crippen LogP contribution >= 0.6 is 27.3 Å². The van der Waals surface area contributed by atoms with E-state index in [4.69, 9.17) is 9.15 Å². The van der Waals surface area contributed by atoms with Gasteiger partial charge in [-0.2, -0.15) is 0 Å². The number of furan rings is 1. The van der Waals surface area contributed by atoms with Crippen LogP contribution in [0.1, 0.15) is 34.3 Å². The van der Waals surface area contributed by atoms with E-state index in [0.717, 1.165) is 27.6 Å². The first-order chi connectivity index (χ1) is 14.5. The van der Waals surface area contributed by atoms with Gasteiger partial charge in [0.25, 0.3) is 5.91 Å². The molecule has 2 aliphatic heterocycles. The summed E-state index contributed by atoms with van der Waals surface area (Å²) in [4.78, 5) is 28.7. The number of rotatable bonds is 5. The molecule has 0 radical (unpaired) electrons. The van der Waals surface area contributed by atoms with E-state index in [2.05, 4.69) is 15.9 Å². The molecule has 2 aromatic heterocycles. The summed E-state index contributed by atoms with van der Waals surface area (Å²) in [6, 6.07) is 10.2. The molecule has 2 unspecified atom stereocenters. The van der Waals surface area contributed by atoms with Crippen LogP contribution in [0.2, 0.25) is 0 Å². The Balaban J connectivity index is 1.55. The van der Waals surface area contributed by atoms with Crippen molar-refractivity contribution in [3.63, 3.8) is 0 Å². The fourth-order valence-corrected chi connectivity index (χ4v) is 5.31.